The number of amides is 3. The monoisotopic (exact) mass is 409 g/mol. The first kappa shape index (κ1) is 19.5. The van der Waals surface area contributed by atoms with Crippen molar-refractivity contribution in [2.45, 2.75) is 29.4 Å². The van der Waals surface area contributed by atoms with Gasteiger partial charge in [-0.1, -0.05) is 30.3 Å². The molecule has 2 atom stereocenters. The molecule has 0 aliphatic carbocycles. The molecule has 1 fully saturated rings. The highest BCUT2D eigenvalue weighted by molar-refractivity contribution is 8.01. The second-order valence-electron chi connectivity index (χ2n) is 7.33. The Morgan fingerprint density at radius 2 is 1.86 bits per heavy atom. The van der Waals surface area contributed by atoms with Crippen LogP contribution < -0.4 is 10.6 Å². The van der Waals surface area contributed by atoms with Crippen molar-refractivity contribution in [1.82, 2.24) is 4.90 Å². The van der Waals surface area contributed by atoms with Crippen molar-refractivity contribution in [3.8, 4) is 0 Å². The molecule has 0 bridgehead atoms. The van der Waals surface area contributed by atoms with Crippen LogP contribution in [0.15, 0.2) is 59.5 Å². The van der Waals surface area contributed by atoms with Crippen LogP contribution in [0.25, 0.3) is 0 Å². The fourth-order valence-electron chi connectivity index (χ4n) is 3.70. The van der Waals surface area contributed by atoms with Gasteiger partial charge in [0.05, 0.1) is 16.9 Å². The Morgan fingerprint density at radius 3 is 2.69 bits per heavy atom. The SMILES string of the molecule is O=C(Nc1ccccc1)C1CCCN(C(=O)CC2Sc3ccccc3NC2=O)C1. The Morgan fingerprint density at radius 1 is 1.10 bits per heavy atom. The summed E-state index contributed by atoms with van der Waals surface area (Å²) in [6.45, 7) is 1.02. The fourth-order valence-corrected chi connectivity index (χ4v) is 4.80. The number of piperidine rings is 1. The van der Waals surface area contributed by atoms with Crippen LogP contribution in [-0.2, 0) is 14.4 Å². The van der Waals surface area contributed by atoms with E-state index in [9.17, 15) is 14.4 Å². The summed E-state index contributed by atoms with van der Waals surface area (Å²) < 4.78 is 0. The number of hydrogen-bond acceptors (Lipinski definition) is 4. The van der Waals surface area contributed by atoms with Gasteiger partial charge in [-0.15, -0.1) is 11.8 Å². The fraction of sp³-hybridized carbons (Fsp3) is 0.318. The van der Waals surface area contributed by atoms with Gasteiger partial charge in [0.15, 0.2) is 0 Å². The maximum atomic E-state index is 12.9. The number of nitrogens with one attached hydrogen (secondary N) is 2. The Hall–Kier alpha value is -2.80. The number of benzene rings is 2. The number of anilines is 2. The van der Waals surface area contributed by atoms with E-state index >= 15 is 0 Å². The van der Waals surface area contributed by atoms with E-state index in [0.717, 1.165) is 29.1 Å². The van der Waals surface area contributed by atoms with Gasteiger partial charge in [0, 0.05) is 30.1 Å². The summed E-state index contributed by atoms with van der Waals surface area (Å²) in [5.74, 6) is -0.513. The number of thioether (sulfide) groups is 1. The van der Waals surface area contributed by atoms with Crippen molar-refractivity contribution in [2.75, 3.05) is 23.7 Å². The number of rotatable bonds is 4. The van der Waals surface area contributed by atoms with Gasteiger partial charge in [-0.05, 0) is 37.1 Å². The first-order valence-corrected chi connectivity index (χ1v) is 10.7. The van der Waals surface area contributed by atoms with Gasteiger partial charge in [-0.2, -0.15) is 0 Å². The molecule has 0 aromatic heterocycles. The van der Waals surface area contributed by atoms with E-state index in [1.807, 2.05) is 54.6 Å². The summed E-state index contributed by atoms with van der Waals surface area (Å²) in [5.41, 5.74) is 1.55. The predicted molar refractivity (Wildman–Crippen MR) is 114 cm³/mol. The van der Waals surface area contributed by atoms with Crippen molar-refractivity contribution < 1.29 is 14.4 Å². The van der Waals surface area contributed by atoms with Crippen molar-refractivity contribution in [1.29, 1.82) is 0 Å². The van der Waals surface area contributed by atoms with E-state index in [1.54, 1.807) is 4.90 Å². The summed E-state index contributed by atoms with van der Waals surface area (Å²) in [5, 5.41) is 5.36. The standard InChI is InChI=1S/C22H23N3O3S/c26-20(13-19-22(28)24-17-10-4-5-11-18(17)29-19)25-12-6-7-15(14-25)21(27)23-16-8-2-1-3-9-16/h1-5,8-11,15,19H,6-7,12-14H2,(H,23,27)(H,24,28). The maximum Gasteiger partial charge on any atom is 0.238 e. The number of para-hydroxylation sites is 2. The molecule has 0 saturated carbocycles. The average Bonchev–Trinajstić information content (AvgIpc) is 2.75. The highest BCUT2D eigenvalue weighted by Gasteiger charge is 2.33. The Bertz CT molecular complexity index is 919. The van der Waals surface area contributed by atoms with Gasteiger partial charge < -0.3 is 15.5 Å². The van der Waals surface area contributed by atoms with Crippen LogP contribution in [-0.4, -0.2) is 41.0 Å². The van der Waals surface area contributed by atoms with Gasteiger partial charge in [-0.3, -0.25) is 14.4 Å². The maximum absolute atomic E-state index is 12.9. The average molecular weight is 410 g/mol. The molecule has 0 spiro atoms. The van der Waals surface area contributed by atoms with E-state index in [2.05, 4.69) is 10.6 Å². The zero-order valence-corrected chi connectivity index (χ0v) is 16.8. The number of hydrogen-bond donors (Lipinski definition) is 2. The van der Waals surface area contributed by atoms with E-state index in [0.29, 0.717) is 13.1 Å². The Kier molecular flexibility index (Phi) is 5.85. The highest BCUT2D eigenvalue weighted by atomic mass is 32.2. The zero-order chi connectivity index (χ0) is 20.2. The van der Waals surface area contributed by atoms with Crippen LogP contribution in [0.3, 0.4) is 0 Å². The van der Waals surface area contributed by atoms with Gasteiger partial charge in [0.25, 0.3) is 0 Å². The van der Waals surface area contributed by atoms with E-state index < -0.39 is 5.25 Å². The molecule has 2 aliphatic heterocycles. The van der Waals surface area contributed by atoms with Crippen LogP contribution in [0.4, 0.5) is 11.4 Å². The summed E-state index contributed by atoms with van der Waals surface area (Å²) in [6, 6.07) is 16.9. The second-order valence-corrected chi connectivity index (χ2v) is 8.57. The molecule has 7 heteroatoms. The van der Waals surface area contributed by atoms with Crippen LogP contribution in [0.2, 0.25) is 0 Å². The zero-order valence-electron chi connectivity index (χ0n) is 16.0. The molecule has 1 saturated heterocycles. The number of likely N-dealkylation sites (tertiary alicyclic amines) is 1. The van der Waals surface area contributed by atoms with Crippen molar-refractivity contribution in [3.63, 3.8) is 0 Å². The molecular formula is C22H23N3O3S. The topological polar surface area (TPSA) is 78.5 Å². The molecule has 4 rings (SSSR count). The van der Waals surface area contributed by atoms with Crippen molar-refractivity contribution in [2.24, 2.45) is 5.92 Å². The first-order valence-electron chi connectivity index (χ1n) is 9.80. The number of carbonyl (C=O) groups excluding carboxylic acids is 3. The minimum absolute atomic E-state index is 0.0626. The minimum Gasteiger partial charge on any atom is -0.342 e. The van der Waals surface area contributed by atoms with Crippen LogP contribution >= 0.6 is 11.8 Å². The highest BCUT2D eigenvalue weighted by Crippen LogP contribution is 2.37. The first-order chi connectivity index (χ1) is 14.1. The lowest BCUT2D eigenvalue weighted by Gasteiger charge is -2.33. The molecule has 29 heavy (non-hydrogen) atoms. The smallest absolute Gasteiger partial charge is 0.238 e. The Balaban J connectivity index is 1.35. The number of nitrogens with zero attached hydrogens (tertiary/aromatic N) is 1. The third-order valence-electron chi connectivity index (χ3n) is 5.25. The lowest BCUT2D eigenvalue weighted by atomic mass is 9.96. The lowest BCUT2D eigenvalue weighted by molar-refractivity contribution is -0.135. The quantitative estimate of drug-likeness (QED) is 0.812. The molecular weight excluding hydrogens is 386 g/mol. The van der Waals surface area contributed by atoms with Gasteiger partial charge in [0.2, 0.25) is 17.7 Å². The van der Waals surface area contributed by atoms with Crippen molar-refractivity contribution in [3.05, 3.63) is 54.6 Å². The molecule has 150 valence electrons. The van der Waals surface area contributed by atoms with E-state index in [1.165, 1.54) is 11.8 Å². The van der Waals surface area contributed by atoms with Crippen molar-refractivity contribution >= 4 is 40.9 Å². The largest absolute Gasteiger partial charge is 0.342 e. The lowest BCUT2D eigenvalue weighted by Crippen LogP contribution is -2.45. The molecule has 3 amide bonds. The normalized spacial score (nSPS) is 21.1. The van der Waals surface area contributed by atoms with Crippen LogP contribution in [0.5, 0.6) is 0 Å². The molecule has 2 N–H and O–H groups in total. The summed E-state index contributed by atoms with van der Waals surface area (Å²) in [4.78, 5) is 40.5. The molecule has 0 radical (unpaired) electrons. The van der Waals surface area contributed by atoms with E-state index in [4.69, 9.17) is 0 Å². The molecule has 2 unspecified atom stereocenters. The van der Waals surface area contributed by atoms with Crippen LogP contribution in [0, 0.1) is 5.92 Å². The van der Waals surface area contributed by atoms with Gasteiger partial charge in [0.1, 0.15) is 0 Å². The summed E-state index contributed by atoms with van der Waals surface area (Å²) in [6.07, 6.45) is 1.68. The molecule has 2 aromatic carbocycles. The minimum atomic E-state index is -0.448. The van der Waals surface area contributed by atoms with Crippen LogP contribution in [0.1, 0.15) is 19.3 Å². The van der Waals surface area contributed by atoms with Gasteiger partial charge in [-0.25, -0.2) is 0 Å². The molecule has 2 aromatic rings. The third-order valence-corrected chi connectivity index (χ3v) is 6.53. The van der Waals surface area contributed by atoms with Gasteiger partial charge >= 0.3 is 0 Å². The molecule has 2 heterocycles. The number of fused-ring (bicyclic) bond motifs is 1. The molecule has 6 nitrogen and oxygen atoms in total. The summed E-state index contributed by atoms with van der Waals surface area (Å²) >= 11 is 1.43. The predicted octanol–water partition coefficient (Wildman–Crippen LogP) is 3.37. The third kappa shape index (κ3) is 4.62. The van der Waals surface area contributed by atoms with E-state index in [-0.39, 0.29) is 30.1 Å². The Labute approximate surface area is 174 Å². The summed E-state index contributed by atoms with van der Waals surface area (Å²) in [7, 11) is 0. The second kappa shape index (κ2) is 8.69. The molecule has 2 aliphatic rings. The number of carbonyl (C=O) groups is 3.